The molecule has 3 heterocycles. The molecular weight excluding hydrogens is 326 g/mol. The highest BCUT2D eigenvalue weighted by Crippen LogP contribution is 2.43. The van der Waals surface area contributed by atoms with Crippen molar-refractivity contribution in [1.29, 1.82) is 0 Å². The third-order valence-electron chi connectivity index (χ3n) is 6.59. The van der Waals surface area contributed by atoms with Crippen LogP contribution in [0.25, 0.3) is 0 Å². The molecule has 2 aliphatic heterocycles. The van der Waals surface area contributed by atoms with Crippen LogP contribution in [0.2, 0.25) is 0 Å². The molecule has 5 nitrogen and oxygen atoms in total. The van der Waals surface area contributed by atoms with Crippen molar-refractivity contribution in [2.75, 3.05) is 47.0 Å². The average Bonchev–Trinajstić information content (AvgIpc) is 3.42. The van der Waals surface area contributed by atoms with Crippen LogP contribution in [0.15, 0.2) is 18.3 Å². The number of piperidine rings is 1. The molecule has 5 heteroatoms. The summed E-state index contributed by atoms with van der Waals surface area (Å²) in [5.41, 5.74) is 1.69. The first kappa shape index (κ1) is 18.2. The number of nitrogens with zero attached hydrogens (tertiary/aromatic N) is 3. The zero-order valence-corrected chi connectivity index (χ0v) is 16.3. The van der Waals surface area contributed by atoms with Crippen molar-refractivity contribution in [3.8, 4) is 5.88 Å². The maximum Gasteiger partial charge on any atom is 0.217 e. The van der Waals surface area contributed by atoms with E-state index >= 15 is 0 Å². The standard InChI is InChI=1S/C21H33N3O2/c1-23-16-21(12-19(23)15-26-14-17-5-6-17)7-10-24(11-8-21)13-18-4-3-9-22-20(18)25-2/h3-4,9,17,19H,5-8,10-16H2,1-2H3/t19-/m0/s1. The molecule has 26 heavy (non-hydrogen) atoms. The van der Waals surface area contributed by atoms with Crippen molar-refractivity contribution in [3.05, 3.63) is 23.9 Å². The molecule has 1 spiro atoms. The van der Waals surface area contributed by atoms with E-state index in [1.807, 2.05) is 6.07 Å². The third-order valence-corrected chi connectivity index (χ3v) is 6.59. The van der Waals surface area contributed by atoms with Gasteiger partial charge in [-0.3, -0.25) is 4.90 Å². The molecule has 0 N–H and O–H groups in total. The first-order chi connectivity index (χ1) is 12.7. The lowest BCUT2D eigenvalue weighted by atomic mass is 9.76. The highest BCUT2D eigenvalue weighted by Gasteiger charge is 2.44. The van der Waals surface area contributed by atoms with E-state index in [-0.39, 0.29) is 0 Å². The molecule has 0 amide bonds. The Kier molecular flexibility index (Phi) is 5.48. The zero-order chi connectivity index (χ0) is 18.0. The summed E-state index contributed by atoms with van der Waals surface area (Å²) in [6.45, 7) is 6.41. The lowest BCUT2D eigenvalue weighted by molar-refractivity contribution is 0.0776. The van der Waals surface area contributed by atoms with Gasteiger partial charge in [0.15, 0.2) is 0 Å². The minimum atomic E-state index is 0.498. The van der Waals surface area contributed by atoms with Crippen molar-refractivity contribution >= 4 is 0 Å². The summed E-state index contributed by atoms with van der Waals surface area (Å²) >= 11 is 0. The lowest BCUT2D eigenvalue weighted by Gasteiger charge is -2.39. The lowest BCUT2D eigenvalue weighted by Crippen LogP contribution is -2.40. The van der Waals surface area contributed by atoms with Crippen LogP contribution in [0, 0.1) is 11.3 Å². The third kappa shape index (κ3) is 4.21. The Morgan fingerprint density at radius 3 is 2.77 bits per heavy atom. The molecule has 4 rings (SSSR count). The normalized spacial score (nSPS) is 26.5. The van der Waals surface area contributed by atoms with Crippen molar-refractivity contribution < 1.29 is 9.47 Å². The van der Waals surface area contributed by atoms with Crippen LogP contribution in [0.4, 0.5) is 0 Å². The number of methoxy groups -OCH3 is 1. The van der Waals surface area contributed by atoms with E-state index in [0.29, 0.717) is 11.5 Å². The van der Waals surface area contributed by atoms with E-state index in [4.69, 9.17) is 9.47 Å². The van der Waals surface area contributed by atoms with Gasteiger partial charge in [0.1, 0.15) is 0 Å². The fourth-order valence-corrected chi connectivity index (χ4v) is 4.74. The molecular formula is C21H33N3O2. The minimum absolute atomic E-state index is 0.498. The van der Waals surface area contributed by atoms with E-state index in [1.165, 1.54) is 57.3 Å². The van der Waals surface area contributed by atoms with Gasteiger partial charge in [-0.15, -0.1) is 0 Å². The van der Waals surface area contributed by atoms with Gasteiger partial charge in [-0.05, 0) is 69.6 Å². The van der Waals surface area contributed by atoms with Crippen LogP contribution >= 0.6 is 0 Å². The Hall–Kier alpha value is -1.17. The van der Waals surface area contributed by atoms with Crippen LogP contribution in [0.1, 0.15) is 37.7 Å². The summed E-state index contributed by atoms with van der Waals surface area (Å²) in [4.78, 5) is 9.43. The van der Waals surface area contributed by atoms with Gasteiger partial charge in [0.05, 0.1) is 13.7 Å². The van der Waals surface area contributed by atoms with Crippen molar-refractivity contribution in [1.82, 2.24) is 14.8 Å². The van der Waals surface area contributed by atoms with Crippen molar-refractivity contribution in [2.24, 2.45) is 11.3 Å². The average molecular weight is 360 g/mol. The predicted octanol–water partition coefficient (Wildman–Crippen LogP) is 2.80. The number of pyridine rings is 1. The second-order valence-electron chi connectivity index (χ2n) is 8.70. The molecule has 1 atom stereocenters. The number of likely N-dealkylation sites (tertiary alicyclic amines) is 2. The zero-order valence-electron chi connectivity index (χ0n) is 16.3. The van der Waals surface area contributed by atoms with Gasteiger partial charge >= 0.3 is 0 Å². The highest BCUT2D eigenvalue weighted by molar-refractivity contribution is 5.25. The molecule has 0 bridgehead atoms. The van der Waals surface area contributed by atoms with Gasteiger partial charge in [-0.1, -0.05) is 6.07 Å². The van der Waals surface area contributed by atoms with E-state index in [2.05, 4.69) is 27.9 Å². The molecule has 1 aromatic heterocycles. The Labute approximate surface area is 157 Å². The maximum atomic E-state index is 6.00. The quantitative estimate of drug-likeness (QED) is 0.748. The van der Waals surface area contributed by atoms with Gasteiger partial charge in [-0.2, -0.15) is 0 Å². The summed E-state index contributed by atoms with van der Waals surface area (Å²) in [6.07, 6.45) is 8.44. The van der Waals surface area contributed by atoms with Crippen molar-refractivity contribution in [2.45, 2.75) is 44.7 Å². The van der Waals surface area contributed by atoms with E-state index in [0.717, 1.165) is 31.6 Å². The molecule has 0 aromatic carbocycles. The molecule has 1 aliphatic carbocycles. The van der Waals surface area contributed by atoms with Gasteiger partial charge in [0.25, 0.3) is 0 Å². The first-order valence-corrected chi connectivity index (χ1v) is 10.2. The Morgan fingerprint density at radius 1 is 1.23 bits per heavy atom. The minimum Gasteiger partial charge on any atom is -0.481 e. The molecule has 1 aromatic rings. The Bertz CT molecular complexity index is 597. The van der Waals surface area contributed by atoms with Gasteiger partial charge in [-0.25, -0.2) is 4.98 Å². The molecule has 0 unspecified atom stereocenters. The first-order valence-electron chi connectivity index (χ1n) is 10.2. The van der Waals surface area contributed by atoms with Gasteiger partial charge < -0.3 is 14.4 Å². The van der Waals surface area contributed by atoms with E-state index in [9.17, 15) is 0 Å². The summed E-state index contributed by atoms with van der Waals surface area (Å²) in [6, 6.07) is 4.74. The number of aromatic nitrogens is 1. The topological polar surface area (TPSA) is 37.8 Å². The van der Waals surface area contributed by atoms with Crippen LogP contribution in [0.5, 0.6) is 5.88 Å². The van der Waals surface area contributed by atoms with Gasteiger partial charge in [0, 0.05) is 37.5 Å². The summed E-state index contributed by atoms with van der Waals surface area (Å²) < 4.78 is 11.4. The predicted molar refractivity (Wildman–Crippen MR) is 102 cm³/mol. The molecule has 144 valence electrons. The van der Waals surface area contributed by atoms with E-state index in [1.54, 1.807) is 13.3 Å². The SMILES string of the molecule is COc1ncccc1CN1CCC2(CC1)C[C@@H](COCC1CC1)N(C)C2. The molecule has 0 radical (unpaired) electrons. The largest absolute Gasteiger partial charge is 0.481 e. The summed E-state index contributed by atoms with van der Waals surface area (Å²) in [5, 5.41) is 0. The molecule has 3 aliphatic rings. The maximum absolute atomic E-state index is 6.00. The van der Waals surface area contributed by atoms with Crippen LogP contribution in [-0.4, -0.2) is 67.8 Å². The fourth-order valence-electron chi connectivity index (χ4n) is 4.74. The monoisotopic (exact) mass is 359 g/mol. The summed E-state index contributed by atoms with van der Waals surface area (Å²) in [7, 11) is 3.99. The fraction of sp³-hybridized carbons (Fsp3) is 0.762. The molecule has 2 saturated heterocycles. The van der Waals surface area contributed by atoms with Gasteiger partial charge in [0.2, 0.25) is 5.88 Å². The van der Waals surface area contributed by atoms with Crippen LogP contribution < -0.4 is 4.74 Å². The van der Waals surface area contributed by atoms with E-state index < -0.39 is 0 Å². The number of ether oxygens (including phenoxy) is 2. The van der Waals surface area contributed by atoms with Crippen molar-refractivity contribution in [3.63, 3.8) is 0 Å². The number of hydrogen-bond acceptors (Lipinski definition) is 5. The smallest absolute Gasteiger partial charge is 0.217 e. The molecule has 1 saturated carbocycles. The van der Waals surface area contributed by atoms with Crippen LogP contribution in [0.3, 0.4) is 0 Å². The second kappa shape index (κ2) is 7.83. The van der Waals surface area contributed by atoms with Crippen LogP contribution in [-0.2, 0) is 11.3 Å². The summed E-state index contributed by atoms with van der Waals surface area (Å²) in [5.74, 6) is 1.63. The number of likely N-dealkylation sites (N-methyl/N-ethyl adjacent to an activating group) is 1. The molecule has 3 fully saturated rings. The highest BCUT2D eigenvalue weighted by atomic mass is 16.5. The Morgan fingerprint density at radius 2 is 2.04 bits per heavy atom. The second-order valence-corrected chi connectivity index (χ2v) is 8.70. The number of rotatable bonds is 7. The number of hydrogen-bond donors (Lipinski definition) is 0. The Balaban J connectivity index is 1.27.